The van der Waals surface area contributed by atoms with E-state index in [9.17, 15) is 0 Å². The third-order valence-electron chi connectivity index (χ3n) is 9.11. The molecule has 0 fully saturated rings. The molecule has 0 heterocycles. The van der Waals surface area contributed by atoms with E-state index in [0.717, 1.165) is 9.52 Å². The first-order valence-electron chi connectivity index (χ1n) is 15.5. The van der Waals surface area contributed by atoms with Gasteiger partial charge in [0.1, 0.15) is 0 Å². The third-order valence-corrected chi connectivity index (χ3v) is 20.2. The van der Waals surface area contributed by atoms with Gasteiger partial charge in [0, 0.05) is 9.52 Å². The van der Waals surface area contributed by atoms with Crippen LogP contribution in [-0.4, -0.2) is 9.52 Å². The zero-order valence-electron chi connectivity index (χ0n) is 27.3. The number of aryl methyl sites for hydroxylation is 4. The molecule has 0 saturated carbocycles. The van der Waals surface area contributed by atoms with Crippen LogP contribution in [0.1, 0.15) is 65.6 Å². The molecule has 2 unspecified atom stereocenters. The Bertz CT molecular complexity index is 1550. The van der Waals surface area contributed by atoms with Crippen LogP contribution in [0.25, 0.3) is 34.4 Å². The summed E-state index contributed by atoms with van der Waals surface area (Å²) in [7, 11) is 0.750. The number of allylic oxidation sites excluding steroid dienone is 2. The smallest absolute Gasteiger partial charge is 0.0213 e. The Morgan fingerprint density at radius 1 is 0.524 bits per heavy atom. The van der Waals surface area contributed by atoms with Crippen LogP contribution in [0, 0.1) is 27.7 Å². The molecule has 42 heavy (non-hydrogen) atoms. The minimum Gasteiger partial charge on any atom is -0.0743 e. The second-order valence-corrected chi connectivity index (χ2v) is 26.4. The van der Waals surface area contributed by atoms with E-state index in [2.05, 4.69) is 149 Å². The fourth-order valence-electron chi connectivity index (χ4n) is 8.01. The maximum absolute atomic E-state index is 2.87. The summed E-state index contributed by atoms with van der Waals surface area (Å²) in [6.07, 6.45) is 5.04. The normalized spacial score (nSPS) is 17.2. The fourth-order valence-corrected chi connectivity index (χ4v) is 20.2. The maximum Gasteiger partial charge on any atom is 0.0213 e. The summed E-state index contributed by atoms with van der Waals surface area (Å²) < 4.78 is 6.56. The Kier molecular flexibility index (Phi) is 8.99. The van der Waals surface area contributed by atoms with Crippen LogP contribution in [0.3, 0.4) is 0 Å². The van der Waals surface area contributed by atoms with Crippen molar-refractivity contribution in [2.24, 2.45) is 0 Å². The first-order valence-corrected chi connectivity index (χ1v) is 25.6. The second-order valence-electron chi connectivity index (χ2n) is 13.4. The molecule has 4 aromatic carbocycles. The first kappa shape index (κ1) is 30.9. The number of benzene rings is 4. The molecule has 215 valence electrons. The van der Waals surface area contributed by atoms with E-state index in [1.807, 2.05) is 0 Å². The fraction of sp³-hybridized carbons (Fsp3) is 0.300. The first-order chi connectivity index (χ1) is 20.0. The molecule has 2 heteroatoms. The quantitative estimate of drug-likeness (QED) is 0.194. The molecule has 6 rings (SSSR count). The number of fused-ring (bicyclic) bond motifs is 2. The van der Waals surface area contributed by atoms with Gasteiger partial charge in [-0.3, -0.25) is 0 Å². The molecular weight excluding hydrogens is 600 g/mol. The van der Waals surface area contributed by atoms with Gasteiger partial charge >= 0.3 is 241 Å². The summed E-state index contributed by atoms with van der Waals surface area (Å²) in [5, 5.41) is 0. The van der Waals surface area contributed by atoms with Gasteiger partial charge in [-0.15, -0.1) is 0 Å². The van der Waals surface area contributed by atoms with Crippen molar-refractivity contribution in [1.82, 2.24) is 0 Å². The summed E-state index contributed by atoms with van der Waals surface area (Å²) in [5.41, 5.74) is 20.0. The van der Waals surface area contributed by atoms with Gasteiger partial charge in [0.05, 0.1) is 0 Å². The standard InChI is InChI=1S/2C18H17.C2H7Si.2CH3.Zr/c2*1-12-7-13(2)10-16(9-12)17-6-4-5-15-8-14(3)11-18(15)17;1-3-2;;;/h2*4-11H,1-3H3;3H,1-2H3;2*1H3;. The predicted molar refractivity (Wildman–Crippen MR) is 186 cm³/mol. The number of rotatable bonds is 4. The zero-order valence-corrected chi connectivity index (χ0v) is 30.9. The Hall–Kier alpha value is -2.54. The second kappa shape index (κ2) is 12.2. The molecule has 2 atom stereocenters. The van der Waals surface area contributed by atoms with Crippen LogP contribution < -0.4 is 0 Å². The van der Waals surface area contributed by atoms with Crippen LogP contribution in [0.5, 0.6) is 0 Å². The van der Waals surface area contributed by atoms with Crippen LogP contribution >= 0.6 is 0 Å². The van der Waals surface area contributed by atoms with Crippen molar-refractivity contribution in [3.05, 3.63) is 128 Å². The van der Waals surface area contributed by atoms with E-state index in [4.69, 9.17) is 0 Å². The van der Waals surface area contributed by atoms with Crippen LogP contribution in [0.15, 0.2) is 83.9 Å². The average Bonchev–Trinajstić information content (AvgIpc) is 3.43. The van der Waals surface area contributed by atoms with Crippen molar-refractivity contribution >= 4 is 21.7 Å². The van der Waals surface area contributed by atoms with E-state index in [1.165, 1.54) is 55.6 Å². The Morgan fingerprint density at radius 2 is 0.857 bits per heavy atom. The molecule has 2 aliphatic rings. The Balaban J connectivity index is 0.00000113. The zero-order chi connectivity index (χ0) is 30.3. The molecule has 0 spiro atoms. The van der Waals surface area contributed by atoms with Gasteiger partial charge in [-0.25, -0.2) is 0 Å². The molecule has 4 aromatic rings. The minimum absolute atomic E-state index is 0.573. The largest absolute Gasteiger partial charge is 0.0743 e. The van der Waals surface area contributed by atoms with Crippen molar-refractivity contribution in [2.75, 3.05) is 0 Å². The van der Waals surface area contributed by atoms with E-state index >= 15 is 0 Å². The van der Waals surface area contributed by atoms with Crippen LogP contribution in [0.4, 0.5) is 0 Å². The molecule has 0 saturated heterocycles. The van der Waals surface area contributed by atoms with E-state index in [1.54, 1.807) is 22.3 Å². The van der Waals surface area contributed by atoms with Gasteiger partial charge in [-0.2, -0.15) is 0 Å². The average molecular weight is 647 g/mol. The van der Waals surface area contributed by atoms with E-state index in [-0.39, 0.29) is 0 Å². The molecular formula is C40H47SiZr. The van der Waals surface area contributed by atoms with Crippen molar-refractivity contribution in [2.45, 2.75) is 71.2 Å². The van der Waals surface area contributed by atoms with Crippen molar-refractivity contribution in [3.63, 3.8) is 0 Å². The van der Waals surface area contributed by atoms with Gasteiger partial charge in [0.15, 0.2) is 0 Å². The Morgan fingerprint density at radius 3 is 1.19 bits per heavy atom. The molecule has 1 radical (unpaired) electrons. The van der Waals surface area contributed by atoms with Gasteiger partial charge in [-0.05, 0) is 0 Å². The molecule has 0 amide bonds. The minimum atomic E-state index is -2.87. The summed E-state index contributed by atoms with van der Waals surface area (Å²) in [4.78, 5) is 0. The molecule has 0 aromatic heterocycles. The molecule has 0 aliphatic heterocycles. The predicted octanol–water partition coefficient (Wildman–Crippen LogP) is 11.6. The number of hydrogen-bond acceptors (Lipinski definition) is 0. The van der Waals surface area contributed by atoms with Gasteiger partial charge in [0.25, 0.3) is 0 Å². The van der Waals surface area contributed by atoms with Gasteiger partial charge in [0.2, 0.25) is 0 Å². The molecule has 0 bridgehead atoms. The summed E-state index contributed by atoms with van der Waals surface area (Å²) in [6, 6.07) is 28.1. The topological polar surface area (TPSA) is 0 Å². The summed E-state index contributed by atoms with van der Waals surface area (Å²) in [5.74, 6) is 0. The molecule has 2 aliphatic carbocycles. The van der Waals surface area contributed by atoms with Crippen LogP contribution in [0.2, 0.25) is 22.4 Å². The third kappa shape index (κ3) is 5.70. The van der Waals surface area contributed by atoms with E-state index < -0.39 is 20.3 Å². The van der Waals surface area contributed by atoms with E-state index in [0.29, 0.717) is 7.25 Å². The molecule has 0 nitrogen and oxygen atoms in total. The van der Waals surface area contributed by atoms with Gasteiger partial charge < -0.3 is 0 Å². The van der Waals surface area contributed by atoms with Crippen LogP contribution in [-0.2, 0) is 20.3 Å². The monoisotopic (exact) mass is 645 g/mol. The molecule has 0 N–H and O–H groups in total. The Labute approximate surface area is 262 Å². The van der Waals surface area contributed by atoms with Gasteiger partial charge in [-0.1, -0.05) is 13.1 Å². The van der Waals surface area contributed by atoms with Crippen molar-refractivity contribution in [1.29, 1.82) is 0 Å². The SMILES string of the molecule is CC1=Cc2c(-c3cc(C)cc(C)c3)cccc2[CH]1[Zr]([CH3])([CH3])[CH]1C(C)=Cc2c(-c3cc(C)cc(C)c3)cccc21.C[SiH]C. The van der Waals surface area contributed by atoms with Crippen molar-refractivity contribution < 1.29 is 20.3 Å². The summed E-state index contributed by atoms with van der Waals surface area (Å²) >= 11 is -2.87. The summed E-state index contributed by atoms with van der Waals surface area (Å²) in [6.45, 7) is 18.1. The maximum atomic E-state index is 2.70. The van der Waals surface area contributed by atoms with Crippen molar-refractivity contribution in [3.8, 4) is 22.3 Å². The number of hydrogen-bond donors (Lipinski definition) is 0.